The fraction of sp³-hybridized carbons (Fsp3) is 0.600. The summed E-state index contributed by atoms with van der Waals surface area (Å²) in [7, 11) is 0. The maximum Gasteiger partial charge on any atom is 0.416 e. The van der Waals surface area contributed by atoms with E-state index in [0.717, 1.165) is 31.9 Å². The van der Waals surface area contributed by atoms with Crippen LogP contribution in [0.1, 0.15) is 43.4 Å². The van der Waals surface area contributed by atoms with E-state index in [2.05, 4.69) is 5.32 Å². The number of rotatable bonds is 5. The average Bonchev–Trinajstić information content (AvgIpc) is 2.92. The molecule has 0 radical (unpaired) electrons. The molecule has 0 bridgehead atoms. The lowest BCUT2D eigenvalue weighted by Crippen LogP contribution is -2.32. The molecular weight excluding hydrogens is 267 g/mol. The van der Waals surface area contributed by atoms with Gasteiger partial charge in [0.2, 0.25) is 0 Å². The summed E-state index contributed by atoms with van der Waals surface area (Å²) in [6, 6.07) is 5.38. The Hall–Kier alpha value is -1.07. The van der Waals surface area contributed by atoms with E-state index in [1.165, 1.54) is 12.1 Å². The quantitative estimate of drug-likeness (QED) is 0.886. The van der Waals surface area contributed by atoms with Gasteiger partial charge >= 0.3 is 6.18 Å². The zero-order valence-corrected chi connectivity index (χ0v) is 11.5. The minimum Gasteiger partial charge on any atom is -0.376 e. The smallest absolute Gasteiger partial charge is 0.376 e. The Kier molecular flexibility index (Phi) is 5.05. The number of alkyl halides is 3. The van der Waals surface area contributed by atoms with Crippen LogP contribution in [-0.4, -0.2) is 19.3 Å². The first-order valence-corrected chi connectivity index (χ1v) is 7.04. The molecule has 0 aromatic heterocycles. The van der Waals surface area contributed by atoms with Crippen LogP contribution in [0.25, 0.3) is 0 Å². The van der Waals surface area contributed by atoms with E-state index in [1.807, 2.05) is 6.92 Å². The van der Waals surface area contributed by atoms with Crippen LogP contribution in [0.15, 0.2) is 24.3 Å². The van der Waals surface area contributed by atoms with Crippen molar-refractivity contribution in [2.45, 2.75) is 44.5 Å². The molecule has 0 amide bonds. The maximum atomic E-state index is 12.8. The van der Waals surface area contributed by atoms with Crippen molar-refractivity contribution in [2.24, 2.45) is 0 Å². The molecule has 1 saturated heterocycles. The summed E-state index contributed by atoms with van der Waals surface area (Å²) in [6.45, 7) is 3.49. The summed E-state index contributed by atoms with van der Waals surface area (Å²) in [5, 5.41) is 3.31. The molecule has 1 heterocycles. The van der Waals surface area contributed by atoms with Gasteiger partial charge in [-0.25, -0.2) is 0 Å². The Morgan fingerprint density at radius 3 is 2.80 bits per heavy atom. The highest BCUT2D eigenvalue weighted by Crippen LogP contribution is 2.33. The Labute approximate surface area is 117 Å². The standard InChI is InChI=1S/C15H20F3NO/c1-2-8-19-14(13-7-4-9-20-13)11-5-3-6-12(10-11)15(16,17)18/h3,5-6,10,13-14,19H,2,4,7-9H2,1H3. The molecule has 20 heavy (non-hydrogen) atoms. The normalized spacial score (nSPS) is 21.1. The third-order valence-corrected chi connectivity index (χ3v) is 3.52. The van der Waals surface area contributed by atoms with Crippen molar-refractivity contribution in [3.05, 3.63) is 35.4 Å². The van der Waals surface area contributed by atoms with Crippen molar-refractivity contribution in [1.82, 2.24) is 5.32 Å². The number of hydrogen-bond acceptors (Lipinski definition) is 2. The molecule has 1 fully saturated rings. The van der Waals surface area contributed by atoms with Gasteiger partial charge in [-0.2, -0.15) is 13.2 Å². The molecule has 0 aliphatic carbocycles. The van der Waals surface area contributed by atoms with Crippen molar-refractivity contribution < 1.29 is 17.9 Å². The molecule has 1 N–H and O–H groups in total. The summed E-state index contributed by atoms with van der Waals surface area (Å²) in [6.07, 6.45) is -1.56. The van der Waals surface area contributed by atoms with Crippen LogP contribution in [0.5, 0.6) is 0 Å². The van der Waals surface area contributed by atoms with Gasteiger partial charge in [-0.15, -0.1) is 0 Å². The molecular formula is C15H20F3NO. The van der Waals surface area contributed by atoms with Crippen molar-refractivity contribution >= 4 is 0 Å². The van der Waals surface area contributed by atoms with Crippen molar-refractivity contribution in [2.75, 3.05) is 13.2 Å². The highest BCUT2D eigenvalue weighted by Gasteiger charge is 2.32. The van der Waals surface area contributed by atoms with Gasteiger partial charge in [0.15, 0.2) is 0 Å². The number of benzene rings is 1. The van der Waals surface area contributed by atoms with Gasteiger partial charge in [-0.05, 0) is 43.5 Å². The van der Waals surface area contributed by atoms with E-state index in [1.54, 1.807) is 6.07 Å². The molecule has 2 nitrogen and oxygen atoms in total. The predicted octanol–water partition coefficient (Wildman–Crippen LogP) is 3.93. The van der Waals surface area contributed by atoms with Crippen molar-refractivity contribution in [3.8, 4) is 0 Å². The minimum atomic E-state index is -4.30. The van der Waals surface area contributed by atoms with Crippen molar-refractivity contribution in [1.29, 1.82) is 0 Å². The van der Waals surface area contributed by atoms with Crippen LogP contribution in [0.2, 0.25) is 0 Å². The summed E-state index contributed by atoms with van der Waals surface area (Å²) in [5.41, 5.74) is 0.0523. The van der Waals surface area contributed by atoms with Gasteiger partial charge in [0.25, 0.3) is 0 Å². The summed E-state index contributed by atoms with van der Waals surface area (Å²) < 4.78 is 44.1. The largest absolute Gasteiger partial charge is 0.416 e. The van der Waals surface area contributed by atoms with E-state index >= 15 is 0 Å². The maximum absolute atomic E-state index is 12.8. The molecule has 2 atom stereocenters. The minimum absolute atomic E-state index is 0.0370. The van der Waals surface area contributed by atoms with Gasteiger partial charge in [-0.3, -0.25) is 0 Å². The van der Waals surface area contributed by atoms with Crippen LogP contribution < -0.4 is 5.32 Å². The third-order valence-electron chi connectivity index (χ3n) is 3.52. The number of hydrogen-bond donors (Lipinski definition) is 1. The van der Waals surface area contributed by atoms with Gasteiger partial charge in [0.05, 0.1) is 17.7 Å². The van der Waals surface area contributed by atoms with Crippen molar-refractivity contribution in [3.63, 3.8) is 0 Å². The Morgan fingerprint density at radius 2 is 2.20 bits per heavy atom. The van der Waals surface area contributed by atoms with Gasteiger partial charge in [-0.1, -0.05) is 19.1 Å². The fourth-order valence-electron chi connectivity index (χ4n) is 2.54. The molecule has 1 aliphatic rings. The molecule has 0 saturated carbocycles. The molecule has 2 rings (SSSR count). The van der Waals surface area contributed by atoms with Gasteiger partial charge < -0.3 is 10.1 Å². The first kappa shape index (κ1) is 15.3. The predicted molar refractivity (Wildman–Crippen MR) is 71.5 cm³/mol. The molecule has 0 spiro atoms. The number of halogens is 3. The molecule has 2 unspecified atom stereocenters. The van der Waals surface area contributed by atoms with E-state index in [4.69, 9.17) is 4.74 Å². The van der Waals surface area contributed by atoms with Crippen LogP contribution in [0, 0.1) is 0 Å². The molecule has 112 valence electrons. The lowest BCUT2D eigenvalue weighted by Gasteiger charge is -2.25. The molecule has 1 aromatic carbocycles. The Balaban J connectivity index is 2.23. The number of nitrogens with one attached hydrogen (secondary N) is 1. The first-order valence-electron chi connectivity index (χ1n) is 7.04. The summed E-state index contributed by atoms with van der Waals surface area (Å²) in [4.78, 5) is 0. The van der Waals surface area contributed by atoms with E-state index in [9.17, 15) is 13.2 Å². The highest BCUT2D eigenvalue weighted by molar-refractivity contribution is 5.29. The average molecular weight is 287 g/mol. The van der Waals surface area contributed by atoms with Crippen LogP contribution in [0.3, 0.4) is 0 Å². The zero-order chi connectivity index (χ0) is 14.6. The molecule has 1 aromatic rings. The van der Waals surface area contributed by atoms with Gasteiger partial charge in [0, 0.05) is 6.61 Å². The lowest BCUT2D eigenvalue weighted by molar-refractivity contribution is -0.137. The van der Waals surface area contributed by atoms with Crippen LogP contribution >= 0.6 is 0 Å². The monoisotopic (exact) mass is 287 g/mol. The van der Waals surface area contributed by atoms with Crippen LogP contribution in [-0.2, 0) is 10.9 Å². The molecule has 5 heteroatoms. The van der Waals surface area contributed by atoms with E-state index < -0.39 is 11.7 Å². The zero-order valence-electron chi connectivity index (χ0n) is 11.5. The lowest BCUT2D eigenvalue weighted by atomic mass is 9.97. The molecule has 1 aliphatic heterocycles. The van der Waals surface area contributed by atoms with Gasteiger partial charge in [0.1, 0.15) is 0 Å². The second-order valence-electron chi connectivity index (χ2n) is 5.11. The second-order valence-corrected chi connectivity index (χ2v) is 5.11. The highest BCUT2D eigenvalue weighted by atomic mass is 19.4. The second kappa shape index (κ2) is 6.59. The Morgan fingerprint density at radius 1 is 1.40 bits per heavy atom. The fourth-order valence-corrected chi connectivity index (χ4v) is 2.54. The first-order chi connectivity index (χ1) is 9.52. The summed E-state index contributed by atoms with van der Waals surface area (Å²) >= 11 is 0. The summed E-state index contributed by atoms with van der Waals surface area (Å²) in [5.74, 6) is 0. The van der Waals surface area contributed by atoms with E-state index in [0.29, 0.717) is 12.2 Å². The van der Waals surface area contributed by atoms with E-state index in [-0.39, 0.29) is 12.1 Å². The Bertz CT molecular complexity index is 427. The number of ether oxygens (including phenoxy) is 1. The SMILES string of the molecule is CCCNC(c1cccc(C(F)(F)F)c1)C1CCCO1. The third kappa shape index (κ3) is 3.73. The van der Waals surface area contributed by atoms with Crippen LogP contribution in [0.4, 0.5) is 13.2 Å². The topological polar surface area (TPSA) is 21.3 Å².